The summed E-state index contributed by atoms with van der Waals surface area (Å²) >= 11 is 4.26. The molecule has 11 nitrogen and oxygen atoms in total. The Bertz CT molecular complexity index is 414. The summed E-state index contributed by atoms with van der Waals surface area (Å²) in [6, 6.07) is 0. The standard InChI is InChI=1S/C6H11N2O8PS.ClH.H3N.2Na.2H/c1-3(9)5(11)14-2-4(10)15-17(12,13)16-8-6(7)18;;;;;;/h3,9H,2H2,1H3,(H,12,13)(H3,7,8,18);1H;1H3;;;;/q;;;2*+1;2*-1. The summed E-state index contributed by atoms with van der Waals surface area (Å²) in [7, 11) is -4.77. The summed E-state index contributed by atoms with van der Waals surface area (Å²) in [5.74, 6) is -2.46. The van der Waals surface area contributed by atoms with Crippen molar-refractivity contribution in [2.45, 2.75) is 13.0 Å². The Labute approximate surface area is 185 Å². The van der Waals surface area contributed by atoms with E-state index in [4.69, 9.17) is 15.7 Å². The number of nitrogens with one attached hydrogen (secondary N) is 1. The normalized spacial score (nSPS) is 12.3. The first-order chi connectivity index (χ1) is 8.14. The molecule has 2 unspecified atom stereocenters. The van der Waals surface area contributed by atoms with Crippen LogP contribution < -0.4 is 76.5 Å². The minimum atomic E-state index is -4.77. The molecule has 0 bridgehead atoms. The zero-order valence-electron chi connectivity index (χ0n) is 14.2. The molecule has 8 N–H and O–H groups in total. The number of hydrogen-bond donors (Lipinski definition) is 5. The van der Waals surface area contributed by atoms with Crippen molar-refractivity contribution in [1.82, 2.24) is 11.6 Å². The first kappa shape index (κ1) is 34.4. The number of rotatable bonds is 6. The van der Waals surface area contributed by atoms with Crippen LogP contribution in [0.4, 0.5) is 0 Å². The van der Waals surface area contributed by atoms with Gasteiger partial charge in [-0.25, -0.2) is 19.6 Å². The van der Waals surface area contributed by atoms with Gasteiger partial charge in [-0.2, -0.15) is 4.62 Å². The van der Waals surface area contributed by atoms with Crippen molar-refractivity contribution in [2.24, 2.45) is 5.73 Å². The monoisotopic (exact) mass is 403 g/mol. The maximum Gasteiger partial charge on any atom is 1.00 e. The van der Waals surface area contributed by atoms with Gasteiger partial charge in [0.15, 0.2) is 11.7 Å². The molecule has 0 saturated carbocycles. The molecule has 0 spiro atoms. The number of aliphatic hydroxyl groups excluding tert-OH is 1. The van der Waals surface area contributed by atoms with Gasteiger partial charge >= 0.3 is 78.9 Å². The van der Waals surface area contributed by atoms with Gasteiger partial charge < -0.3 is 29.1 Å². The number of phosphoric acid groups is 1. The number of carbonyl (C=O) groups excluding carboxylic acids is 2. The maximum absolute atomic E-state index is 11.0. The second kappa shape index (κ2) is 16.8. The number of ether oxygens (including phenoxy) is 1. The van der Waals surface area contributed by atoms with Crippen molar-refractivity contribution in [3.63, 3.8) is 0 Å². The first-order valence-electron chi connectivity index (χ1n) is 4.28. The molecule has 0 aliphatic rings. The smallest absolute Gasteiger partial charge is 1.00 e. The van der Waals surface area contributed by atoms with Crippen LogP contribution in [-0.4, -0.2) is 39.8 Å². The van der Waals surface area contributed by atoms with Gasteiger partial charge in [-0.15, -0.1) is 12.4 Å². The Morgan fingerprint density at radius 2 is 1.91 bits per heavy atom. The Hall–Kier alpha value is 0.990. The van der Waals surface area contributed by atoms with E-state index in [1.54, 1.807) is 5.48 Å². The molecule has 124 valence electrons. The number of thiocarbonyl (C=S) groups is 1. The molecule has 0 aromatic heterocycles. The predicted octanol–water partition coefficient (Wildman–Crippen LogP) is -6.86. The SMILES string of the molecule is CC(O)C(=O)OCC(=O)OP(=O)(O)ONC(N)=S.Cl.N.[H-].[H-].[Na+].[Na+]. The first-order valence-corrected chi connectivity index (χ1v) is 6.18. The van der Waals surface area contributed by atoms with Gasteiger partial charge in [-0.05, 0) is 19.1 Å². The van der Waals surface area contributed by atoms with Crippen LogP contribution in [0, 0.1) is 0 Å². The molecular weight excluding hydrogens is 387 g/mol. The van der Waals surface area contributed by atoms with Crippen LogP contribution in [0.15, 0.2) is 0 Å². The van der Waals surface area contributed by atoms with Crippen LogP contribution in [0.2, 0.25) is 0 Å². The van der Waals surface area contributed by atoms with Crippen LogP contribution in [0.25, 0.3) is 0 Å². The summed E-state index contributed by atoms with van der Waals surface area (Å²) in [6.45, 7) is 0.143. The maximum atomic E-state index is 11.0. The fourth-order valence-electron chi connectivity index (χ4n) is 0.527. The fourth-order valence-corrected chi connectivity index (χ4v) is 1.19. The number of carbonyl (C=O) groups is 2. The van der Waals surface area contributed by atoms with E-state index < -0.39 is 37.6 Å². The molecule has 2 atom stereocenters. The molecule has 0 rings (SSSR count). The number of nitrogens with two attached hydrogens (primary N) is 1. The van der Waals surface area contributed by atoms with Crippen LogP contribution in [0.1, 0.15) is 9.78 Å². The predicted molar refractivity (Wildman–Crippen MR) is 74.1 cm³/mol. The zero-order chi connectivity index (χ0) is 14.3. The molecule has 0 aliphatic heterocycles. The van der Waals surface area contributed by atoms with E-state index in [1.807, 2.05) is 0 Å². The molecule has 22 heavy (non-hydrogen) atoms. The Balaban J connectivity index is -0.0000000963. The van der Waals surface area contributed by atoms with Gasteiger partial charge in [0, 0.05) is 0 Å². The quantitative estimate of drug-likeness (QED) is 0.0926. The van der Waals surface area contributed by atoms with Gasteiger partial charge in [-0.3, -0.25) is 4.89 Å². The van der Waals surface area contributed by atoms with Crippen molar-refractivity contribution in [3.05, 3.63) is 0 Å². The van der Waals surface area contributed by atoms with E-state index in [1.165, 1.54) is 0 Å². The number of hydroxylamine groups is 1. The third-order valence-electron chi connectivity index (χ3n) is 1.15. The minimum absolute atomic E-state index is 0. The Morgan fingerprint density at radius 3 is 2.27 bits per heavy atom. The van der Waals surface area contributed by atoms with E-state index in [2.05, 4.69) is 26.1 Å². The molecular formula is C6H17ClN3Na2O8PS. The van der Waals surface area contributed by atoms with Gasteiger partial charge in [0.1, 0.15) is 6.10 Å². The van der Waals surface area contributed by atoms with Gasteiger partial charge in [0.05, 0.1) is 0 Å². The Kier molecular flexibility index (Phi) is 26.3. The molecule has 0 aromatic carbocycles. The van der Waals surface area contributed by atoms with Gasteiger partial charge in [0.2, 0.25) is 0 Å². The molecule has 0 aromatic rings. The minimum Gasteiger partial charge on any atom is -1.00 e. The molecule has 0 heterocycles. The van der Waals surface area contributed by atoms with E-state index in [9.17, 15) is 14.2 Å². The summed E-state index contributed by atoms with van der Waals surface area (Å²) in [6.07, 6.45) is -1.44. The van der Waals surface area contributed by atoms with Crippen molar-refractivity contribution in [2.75, 3.05) is 6.61 Å². The summed E-state index contributed by atoms with van der Waals surface area (Å²) in [5, 5.41) is 8.26. The molecule has 0 amide bonds. The topological polar surface area (TPSA) is 192 Å². The van der Waals surface area contributed by atoms with E-state index in [0.29, 0.717) is 0 Å². The fraction of sp³-hybridized carbons (Fsp3) is 0.500. The zero-order valence-corrected chi connectivity index (χ0v) is 18.7. The number of aliphatic hydroxyl groups is 1. The molecule has 0 aliphatic carbocycles. The third-order valence-corrected chi connectivity index (χ3v) is 1.99. The summed E-state index contributed by atoms with van der Waals surface area (Å²) in [5.41, 5.74) is 6.53. The van der Waals surface area contributed by atoms with Gasteiger partial charge in [0.25, 0.3) is 0 Å². The van der Waals surface area contributed by atoms with E-state index >= 15 is 0 Å². The number of esters is 1. The number of halogens is 1. The van der Waals surface area contributed by atoms with Crippen LogP contribution >= 0.6 is 32.4 Å². The molecule has 16 heteroatoms. The number of phosphoric ester groups is 1. The second-order valence-corrected chi connectivity index (χ2v) is 4.52. The van der Waals surface area contributed by atoms with Crippen LogP contribution in [-0.2, 0) is 28.0 Å². The van der Waals surface area contributed by atoms with Crippen molar-refractivity contribution < 1.29 is 100 Å². The van der Waals surface area contributed by atoms with Crippen LogP contribution in [0.3, 0.4) is 0 Å². The largest absolute Gasteiger partial charge is 1.00 e. The van der Waals surface area contributed by atoms with Crippen LogP contribution in [0.5, 0.6) is 0 Å². The van der Waals surface area contributed by atoms with Crippen molar-refractivity contribution >= 4 is 49.5 Å². The van der Waals surface area contributed by atoms with E-state index in [0.717, 1.165) is 6.92 Å². The average Bonchev–Trinajstić information content (AvgIpc) is 2.22. The molecule has 0 fully saturated rings. The second-order valence-electron chi connectivity index (χ2n) is 2.77. The van der Waals surface area contributed by atoms with Gasteiger partial charge in [-0.1, -0.05) is 0 Å². The van der Waals surface area contributed by atoms with E-state index in [-0.39, 0.29) is 80.5 Å². The Morgan fingerprint density at radius 1 is 1.45 bits per heavy atom. The number of hydrogen-bond acceptors (Lipinski definition) is 9. The summed E-state index contributed by atoms with van der Waals surface area (Å²) in [4.78, 5) is 30.6. The summed E-state index contributed by atoms with van der Waals surface area (Å²) < 4.78 is 23.2. The average molecular weight is 404 g/mol. The third kappa shape index (κ3) is 19.0. The van der Waals surface area contributed by atoms with Crippen molar-refractivity contribution in [1.29, 1.82) is 0 Å². The molecule has 0 radical (unpaired) electrons. The molecule has 0 saturated heterocycles. The van der Waals surface area contributed by atoms with Crippen molar-refractivity contribution in [3.8, 4) is 0 Å².